The number of hydrogen-bond donors (Lipinski definition) is 2. The van der Waals surface area contributed by atoms with E-state index in [1.54, 1.807) is 52.0 Å². The molecule has 0 aliphatic rings. The van der Waals surface area contributed by atoms with Crippen LogP contribution in [0.1, 0.15) is 39.4 Å². The fourth-order valence-electron chi connectivity index (χ4n) is 1.82. The number of esters is 1. The van der Waals surface area contributed by atoms with E-state index in [4.69, 9.17) is 9.47 Å². The third-order valence-electron chi connectivity index (χ3n) is 2.72. The van der Waals surface area contributed by atoms with Crippen LogP contribution in [0, 0.1) is 0 Å². The normalized spacial score (nSPS) is 13.8. The molecule has 0 saturated heterocycles. The fraction of sp³-hybridized carbons (Fsp3) is 0.500. The van der Waals surface area contributed by atoms with E-state index in [9.17, 15) is 14.7 Å². The summed E-state index contributed by atoms with van der Waals surface area (Å²) in [7, 11) is 0. The number of carbonyl (C=O) groups excluding carboxylic acids is 2. The lowest BCUT2D eigenvalue weighted by molar-refractivity contribution is -0.148. The van der Waals surface area contributed by atoms with E-state index in [2.05, 4.69) is 21.2 Å². The molecule has 1 amide bonds. The zero-order chi connectivity index (χ0) is 17.6. The van der Waals surface area contributed by atoms with Gasteiger partial charge in [-0.15, -0.1) is 0 Å². The Hall–Kier alpha value is -1.60. The van der Waals surface area contributed by atoms with Gasteiger partial charge in [0.25, 0.3) is 0 Å². The maximum Gasteiger partial charge on any atom is 0.408 e. The maximum absolute atomic E-state index is 12.1. The van der Waals surface area contributed by atoms with Gasteiger partial charge in [0.2, 0.25) is 0 Å². The van der Waals surface area contributed by atoms with Crippen LogP contribution in [0.15, 0.2) is 28.7 Å². The van der Waals surface area contributed by atoms with Crippen LogP contribution in [0.4, 0.5) is 4.79 Å². The zero-order valence-corrected chi connectivity index (χ0v) is 15.2. The minimum atomic E-state index is -1.26. The molecule has 1 rings (SSSR count). The molecule has 0 unspecified atom stereocenters. The molecule has 2 atom stereocenters. The summed E-state index contributed by atoms with van der Waals surface area (Å²) in [5.41, 5.74) is -0.252. The maximum atomic E-state index is 12.1. The number of nitrogens with one attached hydrogen (secondary N) is 1. The SMILES string of the molecule is CCOC(=O)[C@H](NC(=O)OC(C)(C)C)[C@H](O)c1cccc(Br)c1. The summed E-state index contributed by atoms with van der Waals surface area (Å²) < 4.78 is 10.8. The minimum Gasteiger partial charge on any atom is -0.464 e. The predicted octanol–water partition coefficient (Wildman–Crippen LogP) is 2.94. The lowest BCUT2D eigenvalue weighted by atomic mass is 10.0. The van der Waals surface area contributed by atoms with Crippen LogP contribution in [0.25, 0.3) is 0 Å². The Kier molecular flexibility index (Phi) is 7.02. The van der Waals surface area contributed by atoms with Crippen LogP contribution in [0.2, 0.25) is 0 Å². The Morgan fingerprint density at radius 1 is 1.35 bits per heavy atom. The van der Waals surface area contributed by atoms with Gasteiger partial charge in [0.15, 0.2) is 6.04 Å². The zero-order valence-electron chi connectivity index (χ0n) is 13.6. The minimum absolute atomic E-state index is 0.135. The average Bonchev–Trinajstić information content (AvgIpc) is 2.42. The molecule has 0 saturated carbocycles. The van der Waals surface area contributed by atoms with Gasteiger partial charge in [0.05, 0.1) is 6.61 Å². The van der Waals surface area contributed by atoms with Gasteiger partial charge in [-0.3, -0.25) is 0 Å². The first-order valence-corrected chi connectivity index (χ1v) is 8.03. The number of carbonyl (C=O) groups is 2. The fourth-order valence-corrected chi connectivity index (χ4v) is 2.23. The summed E-state index contributed by atoms with van der Waals surface area (Å²) in [6, 6.07) is 5.56. The lowest BCUT2D eigenvalue weighted by Gasteiger charge is -2.25. The van der Waals surface area contributed by atoms with E-state index < -0.39 is 29.8 Å². The van der Waals surface area contributed by atoms with E-state index in [0.29, 0.717) is 5.56 Å². The van der Waals surface area contributed by atoms with E-state index >= 15 is 0 Å². The molecule has 1 aromatic carbocycles. The van der Waals surface area contributed by atoms with Crippen LogP contribution in [0.3, 0.4) is 0 Å². The van der Waals surface area contributed by atoms with Crippen molar-refractivity contribution >= 4 is 28.0 Å². The Labute approximate surface area is 144 Å². The van der Waals surface area contributed by atoms with E-state index in [1.165, 1.54) is 0 Å². The van der Waals surface area contributed by atoms with Crippen molar-refractivity contribution in [2.24, 2.45) is 0 Å². The van der Waals surface area contributed by atoms with E-state index in [0.717, 1.165) is 4.47 Å². The number of aliphatic hydroxyl groups excluding tert-OH is 1. The van der Waals surface area contributed by atoms with Crippen molar-refractivity contribution in [3.05, 3.63) is 34.3 Å². The highest BCUT2D eigenvalue weighted by Gasteiger charge is 2.32. The first-order valence-electron chi connectivity index (χ1n) is 7.23. The molecule has 0 aromatic heterocycles. The van der Waals surface area contributed by atoms with Crippen molar-refractivity contribution < 1.29 is 24.2 Å². The quantitative estimate of drug-likeness (QED) is 0.758. The Morgan fingerprint density at radius 2 is 2.00 bits per heavy atom. The number of alkyl carbamates (subject to hydrolysis) is 1. The molecule has 7 heteroatoms. The van der Waals surface area contributed by atoms with Gasteiger partial charge in [-0.25, -0.2) is 9.59 Å². The van der Waals surface area contributed by atoms with Crippen LogP contribution < -0.4 is 5.32 Å². The van der Waals surface area contributed by atoms with Crippen molar-refractivity contribution in [2.45, 2.75) is 45.4 Å². The molecule has 0 fully saturated rings. The molecule has 0 bridgehead atoms. The van der Waals surface area contributed by atoms with Gasteiger partial charge in [-0.2, -0.15) is 0 Å². The number of hydrogen-bond acceptors (Lipinski definition) is 5. The molecule has 0 spiro atoms. The number of rotatable bonds is 5. The second kappa shape index (κ2) is 8.31. The number of amides is 1. The Balaban J connectivity index is 2.96. The lowest BCUT2D eigenvalue weighted by Crippen LogP contribution is -2.47. The summed E-state index contributed by atoms with van der Waals surface area (Å²) in [6.45, 7) is 6.90. The number of halogens is 1. The second-order valence-corrected chi connectivity index (χ2v) is 6.79. The van der Waals surface area contributed by atoms with Gasteiger partial charge >= 0.3 is 12.1 Å². The molecule has 0 heterocycles. The van der Waals surface area contributed by atoms with Gasteiger partial charge < -0.3 is 19.9 Å². The van der Waals surface area contributed by atoms with Crippen LogP contribution in [0.5, 0.6) is 0 Å². The molecule has 2 N–H and O–H groups in total. The summed E-state index contributed by atoms with van der Waals surface area (Å²) in [6.07, 6.45) is -2.07. The molecule has 0 aliphatic heterocycles. The highest BCUT2D eigenvalue weighted by molar-refractivity contribution is 9.10. The van der Waals surface area contributed by atoms with E-state index in [1.807, 2.05) is 0 Å². The van der Waals surface area contributed by atoms with Gasteiger partial charge in [0, 0.05) is 4.47 Å². The summed E-state index contributed by atoms with van der Waals surface area (Å²) in [5, 5.41) is 12.8. The average molecular weight is 388 g/mol. The molecule has 0 radical (unpaired) electrons. The van der Waals surface area contributed by atoms with Crippen molar-refractivity contribution in [2.75, 3.05) is 6.61 Å². The largest absolute Gasteiger partial charge is 0.464 e. The third-order valence-corrected chi connectivity index (χ3v) is 3.21. The first-order chi connectivity index (χ1) is 10.6. The third kappa shape index (κ3) is 6.58. The first kappa shape index (κ1) is 19.4. The number of benzene rings is 1. The number of ether oxygens (including phenoxy) is 2. The molecule has 128 valence electrons. The monoisotopic (exact) mass is 387 g/mol. The summed E-state index contributed by atoms with van der Waals surface area (Å²) in [5.74, 6) is -0.731. The van der Waals surface area contributed by atoms with Crippen LogP contribution in [-0.4, -0.2) is 35.4 Å². The Morgan fingerprint density at radius 3 is 2.52 bits per heavy atom. The van der Waals surface area contributed by atoms with E-state index in [-0.39, 0.29) is 6.61 Å². The highest BCUT2D eigenvalue weighted by atomic mass is 79.9. The Bertz CT molecular complexity index is 556. The molecule has 1 aromatic rings. The molecule has 6 nitrogen and oxygen atoms in total. The van der Waals surface area contributed by atoms with Crippen molar-refractivity contribution in [1.29, 1.82) is 0 Å². The second-order valence-electron chi connectivity index (χ2n) is 5.88. The molecule has 0 aliphatic carbocycles. The van der Waals surface area contributed by atoms with Crippen LogP contribution >= 0.6 is 15.9 Å². The smallest absolute Gasteiger partial charge is 0.408 e. The summed E-state index contributed by atoms with van der Waals surface area (Å²) >= 11 is 3.30. The topological polar surface area (TPSA) is 84.9 Å². The van der Waals surface area contributed by atoms with Gasteiger partial charge in [-0.05, 0) is 45.4 Å². The highest BCUT2D eigenvalue weighted by Crippen LogP contribution is 2.22. The van der Waals surface area contributed by atoms with Crippen molar-refractivity contribution in [3.8, 4) is 0 Å². The van der Waals surface area contributed by atoms with Gasteiger partial charge in [0.1, 0.15) is 11.7 Å². The predicted molar refractivity (Wildman–Crippen MR) is 88.9 cm³/mol. The number of aliphatic hydroxyl groups is 1. The molecular formula is C16H22BrNO5. The standard InChI is InChI=1S/C16H22BrNO5/c1-5-22-14(20)12(18-15(21)23-16(2,3)4)13(19)10-7-6-8-11(17)9-10/h6-9,12-13,19H,5H2,1-4H3,(H,18,21)/t12-,13-/m1/s1. The van der Waals surface area contributed by atoms with Gasteiger partial charge in [-0.1, -0.05) is 28.1 Å². The molecular weight excluding hydrogens is 366 g/mol. The summed E-state index contributed by atoms with van der Waals surface area (Å²) in [4.78, 5) is 24.0. The van der Waals surface area contributed by atoms with Crippen molar-refractivity contribution in [1.82, 2.24) is 5.32 Å². The molecule has 23 heavy (non-hydrogen) atoms. The van der Waals surface area contributed by atoms with Crippen molar-refractivity contribution in [3.63, 3.8) is 0 Å². The van der Waals surface area contributed by atoms with Crippen LogP contribution in [-0.2, 0) is 14.3 Å².